The lowest BCUT2D eigenvalue weighted by Gasteiger charge is -2.12. The van der Waals surface area contributed by atoms with Crippen molar-refractivity contribution in [2.24, 2.45) is 4.99 Å². The van der Waals surface area contributed by atoms with E-state index in [1.54, 1.807) is 7.11 Å². The van der Waals surface area contributed by atoms with E-state index in [-0.39, 0.29) is 24.0 Å². The third-order valence-corrected chi connectivity index (χ3v) is 2.94. The van der Waals surface area contributed by atoms with E-state index in [2.05, 4.69) is 40.5 Å². The topological polar surface area (TPSA) is 58.5 Å². The first kappa shape index (κ1) is 20.1. The van der Waals surface area contributed by atoms with Gasteiger partial charge < -0.3 is 15.4 Å². The Kier molecular flexibility index (Phi) is 12.3. The molecule has 1 rings (SSSR count). The second-order valence-electron chi connectivity index (χ2n) is 4.59. The highest BCUT2D eigenvalue weighted by molar-refractivity contribution is 14.0. The van der Waals surface area contributed by atoms with E-state index in [0.717, 1.165) is 45.0 Å². The summed E-state index contributed by atoms with van der Waals surface area (Å²) in [7, 11) is 1.71. The zero-order valence-electron chi connectivity index (χ0n) is 13.2. The van der Waals surface area contributed by atoms with Gasteiger partial charge >= 0.3 is 0 Å². The Morgan fingerprint density at radius 1 is 1.38 bits per heavy atom. The van der Waals surface area contributed by atoms with Crippen LogP contribution in [0.15, 0.2) is 23.5 Å². The molecule has 0 amide bonds. The summed E-state index contributed by atoms with van der Waals surface area (Å²) < 4.78 is 5.02. The summed E-state index contributed by atoms with van der Waals surface area (Å²) in [5.74, 6) is 0.871. The minimum atomic E-state index is 0. The molecule has 1 aromatic rings. The monoisotopic (exact) mass is 406 g/mol. The standard InChI is InChI=1S/C15H26N4O.HI/c1-4-17-15(18-8-5-11-20-3)19-10-7-14-6-9-16-12-13(14)2;/h6,9,12H,4-5,7-8,10-11H2,1-3H3,(H2,17,18,19);1H. The summed E-state index contributed by atoms with van der Waals surface area (Å²) in [6, 6.07) is 2.07. The molecule has 0 aliphatic rings. The van der Waals surface area contributed by atoms with E-state index in [1.807, 2.05) is 12.4 Å². The molecule has 5 nitrogen and oxygen atoms in total. The van der Waals surface area contributed by atoms with Crippen molar-refractivity contribution in [3.8, 4) is 0 Å². The van der Waals surface area contributed by atoms with Crippen molar-refractivity contribution in [1.82, 2.24) is 15.6 Å². The molecule has 0 saturated carbocycles. The van der Waals surface area contributed by atoms with Crippen LogP contribution in [0.25, 0.3) is 0 Å². The number of hydrogen-bond donors (Lipinski definition) is 2. The Labute approximate surface area is 145 Å². The highest BCUT2D eigenvalue weighted by Crippen LogP contribution is 2.04. The summed E-state index contributed by atoms with van der Waals surface area (Å²) in [6.45, 7) is 7.41. The minimum absolute atomic E-state index is 0. The van der Waals surface area contributed by atoms with Gasteiger partial charge in [0.1, 0.15) is 0 Å². The SMILES string of the molecule is CCNC(=NCCCOC)NCCc1ccncc1C.I. The first-order valence-electron chi connectivity index (χ1n) is 7.18. The second-order valence-corrected chi connectivity index (χ2v) is 4.59. The maximum absolute atomic E-state index is 5.02. The largest absolute Gasteiger partial charge is 0.385 e. The molecule has 0 aliphatic heterocycles. The number of ether oxygens (including phenoxy) is 1. The number of halogens is 1. The number of guanidine groups is 1. The van der Waals surface area contributed by atoms with Gasteiger partial charge in [-0.15, -0.1) is 24.0 Å². The predicted molar refractivity (Wildman–Crippen MR) is 98.6 cm³/mol. The number of methoxy groups -OCH3 is 1. The zero-order valence-corrected chi connectivity index (χ0v) is 15.5. The van der Waals surface area contributed by atoms with Gasteiger partial charge in [-0.2, -0.15) is 0 Å². The third-order valence-electron chi connectivity index (χ3n) is 2.94. The number of nitrogens with zero attached hydrogens (tertiary/aromatic N) is 2. The van der Waals surface area contributed by atoms with Crippen molar-refractivity contribution in [2.45, 2.75) is 26.7 Å². The van der Waals surface area contributed by atoms with Gasteiger partial charge in [0.25, 0.3) is 0 Å². The average Bonchev–Trinajstić information content (AvgIpc) is 2.45. The van der Waals surface area contributed by atoms with Crippen LogP contribution in [-0.2, 0) is 11.2 Å². The van der Waals surface area contributed by atoms with Crippen molar-refractivity contribution in [1.29, 1.82) is 0 Å². The Balaban J connectivity index is 0.00000400. The van der Waals surface area contributed by atoms with Gasteiger partial charge in [0.2, 0.25) is 0 Å². The van der Waals surface area contributed by atoms with Gasteiger partial charge in [0, 0.05) is 45.7 Å². The predicted octanol–water partition coefficient (Wildman–Crippen LogP) is 2.14. The van der Waals surface area contributed by atoms with Gasteiger partial charge in [0.05, 0.1) is 0 Å². The van der Waals surface area contributed by atoms with Gasteiger partial charge in [-0.1, -0.05) is 0 Å². The molecule has 0 fully saturated rings. The molecular formula is C15H27IN4O. The van der Waals surface area contributed by atoms with Gasteiger partial charge in [-0.05, 0) is 43.9 Å². The Morgan fingerprint density at radius 3 is 2.86 bits per heavy atom. The number of pyridine rings is 1. The highest BCUT2D eigenvalue weighted by Gasteiger charge is 1.99. The number of nitrogens with one attached hydrogen (secondary N) is 2. The fraction of sp³-hybridized carbons (Fsp3) is 0.600. The number of aliphatic imine (C=N–C) groups is 1. The summed E-state index contributed by atoms with van der Waals surface area (Å²) in [5, 5.41) is 6.60. The van der Waals surface area contributed by atoms with E-state index in [1.165, 1.54) is 11.1 Å². The fourth-order valence-electron chi connectivity index (χ4n) is 1.84. The smallest absolute Gasteiger partial charge is 0.191 e. The molecule has 6 heteroatoms. The molecule has 0 bridgehead atoms. The first-order valence-corrected chi connectivity index (χ1v) is 7.18. The molecule has 0 atom stereocenters. The fourth-order valence-corrected chi connectivity index (χ4v) is 1.84. The molecule has 0 unspecified atom stereocenters. The Hall–Kier alpha value is -0.890. The lowest BCUT2D eigenvalue weighted by molar-refractivity contribution is 0.197. The van der Waals surface area contributed by atoms with Crippen LogP contribution >= 0.6 is 24.0 Å². The zero-order chi connectivity index (χ0) is 14.6. The van der Waals surface area contributed by atoms with E-state index in [4.69, 9.17) is 4.74 Å². The number of rotatable bonds is 8. The van der Waals surface area contributed by atoms with Crippen molar-refractivity contribution in [3.63, 3.8) is 0 Å². The van der Waals surface area contributed by atoms with Crippen LogP contribution in [0, 0.1) is 6.92 Å². The lowest BCUT2D eigenvalue weighted by Crippen LogP contribution is -2.38. The summed E-state index contributed by atoms with van der Waals surface area (Å²) >= 11 is 0. The number of hydrogen-bond acceptors (Lipinski definition) is 3. The van der Waals surface area contributed by atoms with E-state index < -0.39 is 0 Å². The van der Waals surface area contributed by atoms with Crippen LogP contribution in [-0.4, -0.2) is 44.3 Å². The molecule has 1 heterocycles. The van der Waals surface area contributed by atoms with Crippen molar-refractivity contribution in [2.75, 3.05) is 33.4 Å². The molecule has 0 spiro atoms. The highest BCUT2D eigenvalue weighted by atomic mass is 127. The first-order chi connectivity index (χ1) is 9.77. The molecule has 1 aromatic heterocycles. The molecule has 0 aromatic carbocycles. The quantitative estimate of drug-likeness (QED) is 0.301. The van der Waals surface area contributed by atoms with Crippen LogP contribution in [0.3, 0.4) is 0 Å². The molecule has 2 N–H and O–H groups in total. The minimum Gasteiger partial charge on any atom is -0.385 e. The van der Waals surface area contributed by atoms with Gasteiger partial charge in [-0.25, -0.2) is 0 Å². The number of aromatic nitrogens is 1. The molecule has 21 heavy (non-hydrogen) atoms. The molecule has 0 aliphatic carbocycles. The van der Waals surface area contributed by atoms with Crippen LogP contribution in [0.5, 0.6) is 0 Å². The third kappa shape index (κ3) is 8.87. The molecular weight excluding hydrogens is 379 g/mol. The molecule has 0 saturated heterocycles. The molecule has 0 radical (unpaired) electrons. The lowest BCUT2D eigenvalue weighted by atomic mass is 10.1. The average molecular weight is 406 g/mol. The maximum atomic E-state index is 5.02. The Bertz CT molecular complexity index is 412. The van der Waals surface area contributed by atoms with Crippen LogP contribution in [0.4, 0.5) is 0 Å². The van der Waals surface area contributed by atoms with Gasteiger partial charge in [0.15, 0.2) is 5.96 Å². The summed E-state index contributed by atoms with van der Waals surface area (Å²) in [6.07, 6.45) is 5.65. The van der Waals surface area contributed by atoms with E-state index >= 15 is 0 Å². The van der Waals surface area contributed by atoms with Crippen LogP contribution in [0.2, 0.25) is 0 Å². The number of aryl methyl sites for hydroxylation is 1. The van der Waals surface area contributed by atoms with Crippen LogP contribution < -0.4 is 10.6 Å². The van der Waals surface area contributed by atoms with Gasteiger partial charge in [-0.3, -0.25) is 9.98 Å². The Morgan fingerprint density at radius 2 is 2.19 bits per heavy atom. The van der Waals surface area contributed by atoms with Crippen LogP contribution in [0.1, 0.15) is 24.5 Å². The van der Waals surface area contributed by atoms with Crippen molar-refractivity contribution < 1.29 is 4.74 Å². The van der Waals surface area contributed by atoms with Crippen molar-refractivity contribution >= 4 is 29.9 Å². The maximum Gasteiger partial charge on any atom is 0.191 e. The van der Waals surface area contributed by atoms with E-state index in [0.29, 0.717) is 0 Å². The normalized spacial score (nSPS) is 10.9. The molecule has 120 valence electrons. The summed E-state index contributed by atoms with van der Waals surface area (Å²) in [4.78, 5) is 8.61. The van der Waals surface area contributed by atoms with E-state index in [9.17, 15) is 0 Å². The summed E-state index contributed by atoms with van der Waals surface area (Å²) in [5.41, 5.74) is 2.55. The van der Waals surface area contributed by atoms with Crippen molar-refractivity contribution in [3.05, 3.63) is 29.6 Å². The second kappa shape index (κ2) is 12.8.